The van der Waals surface area contributed by atoms with Crippen LogP contribution in [0.15, 0.2) is 49.1 Å². The van der Waals surface area contributed by atoms with Gasteiger partial charge >= 0.3 is 6.18 Å². The summed E-state index contributed by atoms with van der Waals surface area (Å²) in [5.74, 6) is -0.588. The van der Waals surface area contributed by atoms with Gasteiger partial charge in [-0.15, -0.1) is 0 Å². The molecule has 43 heavy (non-hydrogen) atoms. The van der Waals surface area contributed by atoms with Gasteiger partial charge in [-0.2, -0.15) is 28.6 Å². The summed E-state index contributed by atoms with van der Waals surface area (Å²) < 4.78 is 56.4. The Morgan fingerprint density at radius 3 is 2.53 bits per heavy atom. The first kappa shape index (κ1) is 30.0. The molecule has 4 aromatic heterocycles. The molecule has 14 heteroatoms. The highest BCUT2D eigenvalue weighted by Crippen LogP contribution is 2.34. The lowest BCUT2D eigenvalue weighted by molar-refractivity contribution is -0.137. The predicted molar refractivity (Wildman–Crippen MR) is 149 cm³/mol. The van der Waals surface area contributed by atoms with Gasteiger partial charge < -0.3 is 15.7 Å². The zero-order valence-electron chi connectivity index (χ0n) is 23.4. The van der Waals surface area contributed by atoms with Crippen molar-refractivity contribution in [3.63, 3.8) is 0 Å². The number of aromatic nitrogens is 5. The van der Waals surface area contributed by atoms with Crippen molar-refractivity contribution < 1.29 is 27.5 Å². The van der Waals surface area contributed by atoms with E-state index in [0.717, 1.165) is 12.4 Å². The maximum atomic E-state index is 14.4. The number of hydrogen-bond donors (Lipinski definition) is 3. The molecule has 10 nitrogen and oxygen atoms in total. The number of carbonyl (C=O) groups excluding carboxylic acids is 1. The van der Waals surface area contributed by atoms with E-state index in [0.29, 0.717) is 53.8 Å². The number of alkyl halides is 4. The minimum absolute atomic E-state index is 0.110. The number of hydrogen-bond acceptors (Lipinski definition) is 7. The lowest BCUT2D eigenvalue weighted by Gasteiger charge is -2.30. The Bertz CT molecular complexity index is 1660. The molecule has 0 aliphatic heterocycles. The normalized spacial score (nSPS) is 18.3. The van der Waals surface area contributed by atoms with Gasteiger partial charge in [-0.25, -0.2) is 8.91 Å². The minimum atomic E-state index is -4.46. The van der Waals surface area contributed by atoms with E-state index >= 15 is 0 Å². The van der Waals surface area contributed by atoms with Crippen molar-refractivity contribution in [2.75, 3.05) is 11.9 Å². The molecule has 0 saturated heterocycles. The molecule has 0 bridgehead atoms. The molecule has 3 N–H and O–H groups in total. The first-order valence-electron chi connectivity index (χ1n) is 13.7. The van der Waals surface area contributed by atoms with Crippen LogP contribution in [0, 0.1) is 11.3 Å². The van der Waals surface area contributed by atoms with E-state index in [1.807, 2.05) is 6.07 Å². The second kappa shape index (κ2) is 11.6. The molecule has 1 atom stereocenters. The van der Waals surface area contributed by atoms with Crippen LogP contribution in [0.1, 0.15) is 67.1 Å². The number of fused-ring (bicyclic) bond motifs is 1. The van der Waals surface area contributed by atoms with E-state index in [1.54, 1.807) is 28.8 Å². The third kappa shape index (κ3) is 6.61. The van der Waals surface area contributed by atoms with Crippen molar-refractivity contribution >= 4 is 17.1 Å². The van der Waals surface area contributed by atoms with E-state index in [1.165, 1.54) is 30.9 Å². The van der Waals surface area contributed by atoms with Gasteiger partial charge in [0.05, 0.1) is 69.9 Å². The highest BCUT2D eigenvalue weighted by atomic mass is 19.4. The molecule has 0 spiro atoms. The Hall–Kier alpha value is -4.51. The second-order valence-electron chi connectivity index (χ2n) is 11.2. The Morgan fingerprint density at radius 2 is 1.88 bits per heavy atom. The standard InChI is InChI=1S/C29H30F4N8O2/c1-28(2,43)26(30)15-36-27(42)22-14-35-24(25-8-7-21-9-17(11-34)12-38-41(21)25)10-23(22)39-19-3-5-20(6-4-19)40-16-18(13-37-40)29(31,32)33/h7-10,12-14,16,19-20,26,43H,3-6,15H2,1-2H3,(H,35,39)(H,36,42)/t19-,20-,26-/m1/s1. The van der Waals surface area contributed by atoms with Crippen LogP contribution in [0.25, 0.3) is 16.9 Å². The molecule has 1 aliphatic rings. The summed E-state index contributed by atoms with van der Waals surface area (Å²) in [4.78, 5) is 17.6. The van der Waals surface area contributed by atoms with E-state index in [9.17, 15) is 32.7 Å². The fourth-order valence-corrected chi connectivity index (χ4v) is 5.07. The molecule has 4 aromatic rings. The number of halogens is 4. The third-order valence-corrected chi connectivity index (χ3v) is 7.61. The Morgan fingerprint density at radius 1 is 1.14 bits per heavy atom. The second-order valence-corrected chi connectivity index (χ2v) is 11.2. The number of rotatable bonds is 8. The lowest BCUT2D eigenvalue weighted by Crippen LogP contribution is -2.42. The molecule has 0 radical (unpaired) electrons. The van der Waals surface area contributed by atoms with Gasteiger partial charge in [-0.1, -0.05) is 0 Å². The SMILES string of the molecule is CC(C)(O)[C@H](F)CNC(=O)c1cnc(-c2ccc3cc(C#N)cnn23)cc1N[C@H]1CC[C@H](n2cc(C(F)(F)F)cn2)CC1. The predicted octanol–water partition coefficient (Wildman–Crippen LogP) is 4.92. The molecule has 1 fully saturated rings. The quantitative estimate of drug-likeness (QED) is 0.245. The van der Waals surface area contributed by atoms with Gasteiger partial charge in [0.1, 0.15) is 12.2 Å². The number of nitriles is 1. The number of aliphatic hydroxyl groups is 1. The summed E-state index contributed by atoms with van der Waals surface area (Å²) in [6.07, 6.45) is 0.842. The van der Waals surface area contributed by atoms with Gasteiger partial charge in [0.25, 0.3) is 5.91 Å². The average Bonchev–Trinajstić information content (AvgIpc) is 3.63. The van der Waals surface area contributed by atoms with Crippen LogP contribution in [0.3, 0.4) is 0 Å². The Kier molecular flexibility index (Phi) is 8.11. The van der Waals surface area contributed by atoms with E-state index < -0.39 is 36.0 Å². The summed E-state index contributed by atoms with van der Waals surface area (Å²) in [5, 5.41) is 33.3. The zero-order valence-corrected chi connectivity index (χ0v) is 23.4. The Balaban J connectivity index is 1.38. The summed E-state index contributed by atoms with van der Waals surface area (Å²) in [6, 6.07) is 8.70. The average molecular weight is 599 g/mol. The van der Waals surface area contributed by atoms with Crippen LogP contribution < -0.4 is 10.6 Å². The summed E-state index contributed by atoms with van der Waals surface area (Å²) >= 11 is 0. The van der Waals surface area contributed by atoms with Crippen LogP contribution in [0.5, 0.6) is 0 Å². The summed E-state index contributed by atoms with van der Waals surface area (Å²) in [7, 11) is 0. The molecule has 0 unspecified atom stereocenters. The van der Waals surface area contributed by atoms with Gasteiger partial charge in [0.15, 0.2) is 0 Å². The van der Waals surface area contributed by atoms with Gasteiger partial charge in [0, 0.05) is 18.4 Å². The van der Waals surface area contributed by atoms with Gasteiger partial charge in [-0.3, -0.25) is 14.5 Å². The van der Waals surface area contributed by atoms with Gasteiger partial charge in [0.2, 0.25) is 0 Å². The van der Waals surface area contributed by atoms with Crippen LogP contribution in [0.4, 0.5) is 23.2 Å². The van der Waals surface area contributed by atoms with E-state index in [4.69, 9.17) is 0 Å². The fraction of sp³-hybridized carbons (Fsp3) is 0.414. The van der Waals surface area contributed by atoms with Crippen molar-refractivity contribution in [3.8, 4) is 17.5 Å². The molecular weight excluding hydrogens is 568 g/mol. The largest absolute Gasteiger partial charge is 0.419 e. The third-order valence-electron chi connectivity index (χ3n) is 7.61. The number of nitrogens with one attached hydrogen (secondary N) is 2. The zero-order chi connectivity index (χ0) is 30.9. The van der Waals surface area contributed by atoms with Crippen molar-refractivity contribution in [2.45, 2.75) is 69.6 Å². The Labute approximate surface area is 244 Å². The van der Waals surface area contributed by atoms with E-state index in [-0.39, 0.29) is 17.6 Å². The number of carbonyl (C=O) groups is 1. The maximum absolute atomic E-state index is 14.4. The number of nitrogens with zero attached hydrogens (tertiary/aromatic N) is 6. The first-order valence-corrected chi connectivity index (χ1v) is 13.7. The monoisotopic (exact) mass is 598 g/mol. The molecule has 5 rings (SSSR count). The highest BCUT2D eigenvalue weighted by molar-refractivity contribution is 6.00. The molecule has 1 amide bonds. The summed E-state index contributed by atoms with van der Waals surface area (Å²) in [5.41, 5.74) is 0.352. The number of amides is 1. The lowest BCUT2D eigenvalue weighted by atomic mass is 9.91. The summed E-state index contributed by atoms with van der Waals surface area (Å²) in [6.45, 7) is 2.21. The molecule has 1 aliphatic carbocycles. The van der Waals surface area contributed by atoms with E-state index in [2.05, 4.69) is 25.8 Å². The highest BCUT2D eigenvalue weighted by Gasteiger charge is 2.34. The van der Waals surface area contributed by atoms with Crippen molar-refractivity contribution in [3.05, 3.63) is 65.7 Å². The van der Waals surface area contributed by atoms with Crippen LogP contribution in [-0.4, -0.2) is 59.8 Å². The number of pyridine rings is 1. The fourth-order valence-electron chi connectivity index (χ4n) is 5.07. The smallest absolute Gasteiger partial charge is 0.387 e. The molecule has 0 aromatic carbocycles. The molecular formula is C29H30F4N8O2. The van der Waals surface area contributed by atoms with Crippen molar-refractivity contribution in [2.24, 2.45) is 0 Å². The van der Waals surface area contributed by atoms with Crippen LogP contribution >= 0.6 is 0 Å². The van der Waals surface area contributed by atoms with Gasteiger partial charge in [-0.05, 0) is 63.8 Å². The topological polar surface area (TPSA) is 133 Å². The molecule has 1 saturated carbocycles. The van der Waals surface area contributed by atoms with Crippen LogP contribution in [0.2, 0.25) is 0 Å². The first-order chi connectivity index (χ1) is 20.3. The van der Waals surface area contributed by atoms with Crippen molar-refractivity contribution in [1.29, 1.82) is 5.26 Å². The van der Waals surface area contributed by atoms with Crippen LogP contribution in [-0.2, 0) is 6.18 Å². The number of anilines is 1. The maximum Gasteiger partial charge on any atom is 0.419 e. The van der Waals surface area contributed by atoms with Crippen molar-refractivity contribution in [1.82, 2.24) is 29.7 Å². The molecule has 4 heterocycles. The minimum Gasteiger partial charge on any atom is -0.387 e. The molecule has 226 valence electrons.